The molecule has 1 aromatic heterocycles. The maximum atomic E-state index is 13.0. The zero-order valence-corrected chi connectivity index (χ0v) is 20.9. The predicted octanol–water partition coefficient (Wildman–Crippen LogP) is 6.39. The zero-order chi connectivity index (χ0) is 24.6. The van der Waals surface area contributed by atoms with E-state index in [0.29, 0.717) is 40.6 Å². The molecule has 1 amide bonds. The minimum Gasteiger partial charge on any atom is -0.322 e. The molecule has 2 heterocycles. The van der Waals surface area contributed by atoms with Gasteiger partial charge in [0.05, 0.1) is 32.7 Å². The van der Waals surface area contributed by atoms with Crippen LogP contribution in [0.4, 0.5) is 11.4 Å². The number of anilines is 2. The molecule has 5 rings (SSSR count). The number of hydrogen-bond donors (Lipinski definition) is 1. The summed E-state index contributed by atoms with van der Waals surface area (Å²) >= 11 is 12.9. The lowest BCUT2D eigenvalue weighted by molar-refractivity contribution is 0.102. The molecule has 0 unspecified atom stereocenters. The summed E-state index contributed by atoms with van der Waals surface area (Å²) in [5.41, 5.74) is 2.64. The van der Waals surface area contributed by atoms with Crippen molar-refractivity contribution in [2.24, 2.45) is 0 Å². The van der Waals surface area contributed by atoms with Gasteiger partial charge in [-0.1, -0.05) is 47.5 Å². The molecular weight excluding hydrogens is 505 g/mol. The topological polar surface area (TPSA) is 79.4 Å². The van der Waals surface area contributed by atoms with Crippen LogP contribution in [0, 0.1) is 0 Å². The van der Waals surface area contributed by atoms with E-state index in [1.807, 2.05) is 30.3 Å². The Labute approximate surface area is 213 Å². The van der Waals surface area contributed by atoms with E-state index >= 15 is 0 Å². The van der Waals surface area contributed by atoms with Crippen molar-refractivity contribution in [2.45, 2.75) is 12.8 Å². The highest BCUT2D eigenvalue weighted by atomic mass is 35.5. The Morgan fingerprint density at radius 2 is 1.77 bits per heavy atom. The van der Waals surface area contributed by atoms with Crippen molar-refractivity contribution in [3.63, 3.8) is 0 Å². The van der Waals surface area contributed by atoms with Crippen LogP contribution in [-0.2, 0) is 10.0 Å². The summed E-state index contributed by atoms with van der Waals surface area (Å²) in [6, 6.07) is 19.7. The number of hydrogen-bond acceptors (Lipinski definition) is 4. The van der Waals surface area contributed by atoms with Gasteiger partial charge in [-0.25, -0.2) is 8.42 Å². The highest BCUT2D eigenvalue weighted by Crippen LogP contribution is 2.34. The highest BCUT2D eigenvalue weighted by molar-refractivity contribution is 7.92. The molecule has 1 aliphatic heterocycles. The third-order valence-electron chi connectivity index (χ3n) is 5.99. The molecule has 6 nitrogen and oxygen atoms in total. The fourth-order valence-electron chi connectivity index (χ4n) is 4.24. The number of fused-ring (bicyclic) bond motifs is 1. The molecule has 0 bridgehead atoms. The molecule has 0 saturated carbocycles. The van der Waals surface area contributed by atoms with Gasteiger partial charge in [0, 0.05) is 29.4 Å². The summed E-state index contributed by atoms with van der Waals surface area (Å²) in [6.45, 7) is 0.403. The number of carbonyl (C=O) groups is 1. The Hall–Kier alpha value is -3.13. The minimum atomic E-state index is -3.37. The van der Waals surface area contributed by atoms with E-state index in [-0.39, 0.29) is 16.3 Å². The highest BCUT2D eigenvalue weighted by Gasteiger charge is 2.27. The molecule has 1 aliphatic rings. The van der Waals surface area contributed by atoms with Crippen molar-refractivity contribution in [1.82, 2.24) is 4.98 Å². The second-order valence-corrected chi connectivity index (χ2v) is 11.1. The van der Waals surface area contributed by atoms with Gasteiger partial charge >= 0.3 is 0 Å². The number of amides is 1. The second kappa shape index (κ2) is 9.49. The molecule has 0 aliphatic carbocycles. The third-order valence-corrected chi connectivity index (χ3v) is 8.50. The molecular formula is C26H21Cl2N3O3S. The van der Waals surface area contributed by atoms with Gasteiger partial charge in [-0.2, -0.15) is 0 Å². The average molecular weight is 526 g/mol. The lowest BCUT2D eigenvalue weighted by atomic mass is 10.0. The monoisotopic (exact) mass is 525 g/mol. The summed E-state index contributed by atoms with van der Waals surface area (Å²) in [5.74, 6) is -0.306. The molecule has 3 aromatic carbocycles. The van der Waals surface area contributed by atoms with Gasteiger partial charge in [0.15, 0.2) is 0 Å². The van der Waals surface area contributed by atoms with Crippen LogP contribution in [0.1, 0.15) is 23.2 Å². The fraction of sp³-hybridized carbons (Fsp3) is 0.154. The van der Waals surface area contributed by atoms with Gasteiger partial charge in [0.2, 0.25) is 10.0 Å². The van der Waals surface area contributed by atoms with Crippen molar-refractivity contribution in [1.29, 1.82) is 0 Å². The van der Waals surface area contributed by atoms with Crippen LogP contribution < -0.4 is 9.62 Å². The lowest BCUT2D eigenvalue weighted by Crippen LogP contribution is -2.37. The summed E-state index contributed by atoms with van der Waals surface area (Å²) in [5, 5.41) is 5.52. The van der Waals surface area contributed by atoms with Crippen molar-refractivity contribution < 1.29 is 13.2 Å². The van der Waals surface area contributed by atoms with Crippen LogP contribution in [0.5, 0.6) is 0 Å². The number of rotatable bonds is 4. The number of sulfonamides is 1. The maximum absolute atomic E-state index is 13.0. The summed E-state index contributed by atoms with van der Waals surface area (Å²) < 4.78 is 26.2. The Bertz CT molecular complexity index is 1550. The predicted molar refractivity (Wildman–Crippen MR) is 142 cm³/mol. The number of aromatic nitrogens is 1. The van der Waals surface area contributed by atoms with Crippen LogP contribution >= 0.6 is 23.2 Å². The van der Waals surface area contributed by atoms with Gasteiger partial charge in [0.1, 0.15) is 0 Å². The molecule has 4 aromatic rings. The van der Waals surface area contributed by atoms with Crippen LogP contribution in [-0.4, -0.2) is 31.6 Å². The van der Waals surface area contributed by atoms with Crippen LogP contribution in [0.2, 0.25) is 10.0 Å². The standard InChI is InChI=1S/C26H21Cl2N3O3S/c27-23-10-7-18(15-22(23)25-20-6-2-1-5-17(20)11-12-29-25)30-26(32)21-9-8-19(16-24(21)28)31-13-3-4-14-35(31,33)34/h1-2,5-12,15-16H,3-4,13-14H2,(H,30,32). The minimum absolute atomic E-state index is 0.108. The number of benzene rings is 3. The molecule has 1 N–H and O–H groups in total. The Kier molecular flexibility index (Phi) is 6.40. The number of nitrogens with zero attached hydrogens (tertiary/aromatic N) is 2. The molecule has 1 fully saturated rings. The average Bonchev–Trinajstić information content (AvgIpc) is 2.84. The van der Waals surface area contributed by atoms with Crippen LogP contribution in [0.25, 0.3) is 22.0 Å². The van der Waals surface area contributed by atoms with E-state index in [9.17, 15) is 13.2 Å². The lowest BCUT2D eigenvalue weighted by Gasteiger charge is -2.28. The molecule has 0 radical (unpaired) electrons. The number of nitrogens with one attached hydrogen (secondary N) is 1. The smallest absolute Gasteiger partial charge is 0.257 e. The van der Waals surface area contributed by atoms with Crippen molar-refractivity contribution >= 4 is 61.3 Å². The zero-order valence-electron chi connectivity index (χ0n) is 18.5. The number of halogens is 2. The molecule has 35 heavy (non-hydrogen) atoms. The van der Waals surface area contributed by atoms with E-state index in [4.69, 9.17) is 23.2 Å². The first-order chi connectivity index (χ1) is 16.8. The molecule has 1 saturated heterocycles. The summed E-state index contributed by atoms with van der Waals surface area (Å²) in [4.78, 5) is 17.5. The van der Waals surface area contributed by atoms with Gasteiger partial charge in [-0.05, 0) is 60.7 Å². The van der Waals surface area contributed by atoms with Crippen LogP contribution in [0.3, 0.4) is 0 Å². The van der Waals surface area contributed by atoms with E-state index in [0.717, 1.165) is 17.2 Å². The van der Waals surface area contributed by atoms with E-state index < -0.39 is 15.9 Å². The Morgan fingerprint density at radius 1 is 0.943 bits per heavy atom. The van der Waals surface area contributed by atoms with Crippen molar-refractivity contribution in [2.75, 3.05) is 21.9 Å². The molecule has 0 spiro atoms. The van der Waals surface area contributed by atoms with Crippen molar-refractivity contribution in [3.8, 4) is 11.3 Å². The quantitative estimate of drug-likeness (QED) is 0.334. The maximum Gasteiger partial charge on any atom is 0.257 e. The largest absolute Gasteiger partial charge is 0.322 e. The third kappa shape index (κ3) is 4.72. The van der Waals surface area contributed by atoms with Crippen LogP contribution in [0.15, 0.2) is 72.9 Å². The summed E-state index contributed by atoms with van der Waals surface area (Å²) in [7, 11) is -3.37. The van der Waals surface area contributed by atoms with Gasteiger partial charge in [-0.15, -0.1) is 0 Å². The molecule has 178 valence electrons. The van der Waals surface area contributed by atoms with E-state index in [1.54, 1.807) is 36.5 Å². The van der Waals surface area contributed by atoms with Gasteiger partial charge in [-0.3, -0.25) is 14.1 Å². The Morgan fingerprint density at radius 3 is 2.57 bits per heavy atom. The molecule has 0 atom stereocenters. The summed E-state index contributed by atoms with van der Waals surface area (Å²) in [6.07, 6.45) is 3.15. The molecule has 9 heteroatoms. The van der Waals surface area contributed by atoms with Gasteiger partial charge < -0.3 is 5.32 Å². The first kappa shape index (κ1) is 23.6. The van der Waals surface area contributed by atoms with Gasteiger partial charge in [0.25, 0.3) is 5.91 Å². The SMILES string of the molecule is O=C(Nc1ccc(Cl)c(-c2nccc3ccccc23)c1)c1ccc(N2CCCCS2(=O)=O)cc1Cl. The number of carbonyl (C=O) groups excluding carboxylic acids is 1. The number of pyridine rings is 1. The fourth-order valence-corrected chi connectivity index (χ4v) is 6.34. The normalized spacial score (nSPS) is 15.2. The van der Waals surface area contributed by atoms with Crippen molar-refractivity contribution in [3.05, 3.63) is 88.5 Å². The van der Waals surface area contributed by atoms with E-state index in [1.165, 1.54) is 10.4 Å². The Balaban J connectivity index is 1.43. The first-order valence-electron chi connectivity index (χ1n) is 11.1. The van der Waals surface area contributed by atoms with E-state index in [2.05, 4.69) is 10.3 Å². The first-order valence-corrected chi connectivity index (χ1v) is 13.4. The second-order valence-electron chi connectivity index (χ2n) is 8.29.